The number of aryl methyl sites for hydroxylation is 2. The van der Waals surface area contributed by atoms with E-state index >= 15 is 0 Å². The lowest BCUT2D eigenvalue weighted by Gasteiger charge is -2.10. The molecule has 0 radical (unpaired) electrons. The zero-order valence-corrected chi connectivity index (χ0v) is 16.3. The van der Waals surface area contributed by atoms with Gasteiger partial charge in [-0.25, -0.2) is 13.1 Å². The lowest BCUT2D eigenvalue weighted by atomic mass is 10.1. The summed E-state index contributed by atoms with van der Waals surface area (Å²) in [6, 6.07) is 11.3. The molecule has 0 unspecified atom stereocenters. The molecule has 0 saturated carbocycles. The van der Waals surface area contributed by atoms with E-state index in [2.05, 4.69) is 15.4 Å². The van der Waals surface area contributed by atoms with Crippen molar-refractivity contribution in [2.24, 2.45) is 0 Å². The molecule has 0 aliphatic rings. The Bertz CT molecular complexity index is 938. The number of anilines is 1. The van der Waals surface area contributed by atoms with Crippen LogP contribution in [0.1, 0.15) is 28.4 Å². The Labute approximate surface area is 159 Å². The highest BCUT2D eigenvalue weighted by Crippen LogP contribution is 2.14. The third-order valence-corrected chi connectivity index (χ3v) is 5.42. The number of benzene rings is 2. The molecule has 144 valence electrons. The first-order valence-electron chi connectivity index (χ1n) is 8.42. The Kier molecular flexibility index (Phi) is 6.70. The number of carbonyl (C=O) groups excluding carboxylic acids is 2. The van der Waals surface area contributed by atoms with Gasteiger partial charge in [-0.1, -0.05) is 6.07 Å². The molecule has 2 amide bonds. The molecule has 0 spiro atoms. The highest BCUT2D eigenvalue weighted by Gasteiger charge is 2.14. The second-order valence-electron chi connectivity index (χ2n) is 6.16. The van der Waals surface area contributed by atoms with E-state index in [0.717, 1.165) is 11.1 Å². The molecule has 0 bridgehead atoms. The van der Waals surface area contributed by atoms with Crippen molar-refractivity contribution in [3.05, 3.63) is 59.2 Å². The van der Waals surface area contributed by atoms with Crippen molar-refractivity contribution in [2.75, 3.05) is 18.4 Å². The molecule has 2 aromatic carbocycles. The fourth-order valence-electron chi connectivity index (χ4n) is 2.34. The molecule has 8 heteroatoms. The van der Waals surface area contributed by atoms with E-state index in [1.807, 2.05) is 13.8 Å². The summed E-state index contributed by atoms with van der Waals surface area (Å²) < 4.78 is 27.0. The fourth-order valence-corrected chi connectivity index (χ4v) is 3.45. The molecular weight excluding hydrogens is 366 g/mol. The standard InChI is InChI=1S/C19H23N3O4S/c1-13-4-9-18(12-14(13)2)27(25,26)21-11-10-20-19(24)16-5-7-17(8-6-16)22-15(3)23/h4-9,12,21H,10-11H2,1-3H3,(H,20,24)(H,22,23). The van der Waals surface area contributed by atoms with Crippen molar-refractivity contribution in [1.29, 1.82) is 0 Å². The van der Waals surface area contributed by atoms with Crippen LogP contribution in [0.3, 0.4) is 0 Å². The van der Waals surface area contributed by atoms with Gasteiger partial charge in [-0.2, -0.15) is 0 Å². The molecule has 0 heterocycles. The lowest BCUT2D eigenvalue weighted by Crippen LogP contribution is -2.34. The predicted octanol–water partition coefficient (Wildman–Crippen LogP) is 1.97. The molecule has 0 saturated heterocycles. The van der Waals surface area contributed by atoms with Gasteiger partial charge in [0.05, 0.1) is 4.90 Å². The predicted molar refractivity (Wildman–Crippen MR) is 104 cm³/mol. The van der Waals surface area contributed by atoms with E-state index in [4.69, 9.17) is 0 Å². The van der Waals surface area contributed by atoms with Crippen molar-refractivity contribution in [3.63, 3.8) is 0 Å². The van der Waals surface area contributed by atoms with Crippen molar-refractivity contribution in [1.82, 2.24) is 10.0 Å². The van der Waals surface area contributed by atoms with Gasteiger partial charge in [-0.3, -0.25) is 9.59 Å². The maximum Gasteiger partial charge on any atom is 0.251 e. The number of hydrogen-bond donors (Lipinski definition) is 3. The van der Waals surface area contributed by atoms with Crippen molar-refractivity contribution >= 4 is 27.5 Å². The number of amides is 2. The van der Waals surface area contributed by atoms with Crippen molar-refractivity contribution in [3.8, 4) is 0 Å². The topological polar surface area (TPSA) is 104 Å². The molecular formula is C19H23N3O4S. The Morgan fingerprint density at radius 2 is 1.59 bits per heavy atom. The highest BCUT2D eigenvalue weighted by molar-refractivity contribution is 7.89. The largest absolute Gasteiger partial charge is 0.351 e. The van der Waals surface area contributed by atoms with E-state index in [-0.39, 0.29) is 29.8 Å². The average molecular weight is 389 g/mol. The summed E-state index contributed by atoms with van der Waals surface area (Å²) in [5.74, 6) is -0.516. The smallest absolute Gasteiger partial charge is 0.251 e. The normalized spacial score (nSPS) is 11.1. The zero-order chi connectivity index (χ0) is 20.0. The van der Waals surface area contributed by atoms with Crippen LogP contribution >= 0.6 is 0 Å². The van der Waals surface area contributed by atoms with Gasteiger partial charge in [0.1, 0.15) is 0 Å². The summed E-state index contributed by atoms with van der Waals surface area (Å²) in [5, 5.41) is 5.27. The average Bonchev–Trinajstić information content (AvgIpc) is 2.61. The van der Waals surface area contributed by atoms with Gasteiger partial charge in [-0.05, 0) is 61.4 Å². The maximum absolute atomic E-state index is 12.3. The minimum atomic E-state index is -3.62. The Balaban J connectivity index is 1.85. The summed E-state index contributed by atoms with van der Waals surface area (Å²) in [7, 11) is -3.62. The number of rotatable bonds is 7. The monoisotopic (exact) mass is 389 g/mol. The summed E-state index contributed by atoms with van der Waals surface area (Å²) in [6.07, 6.45) is 0. The number of hydrogen-bond acceptors (Lipinski definition) is 4. The number of carbonyl (C=O) groups is 2. The van der Waals surface area contributed by atoms with Gasteiger partial charge in [0.2, 0.25) is 15.9 Å². The van der Waals surface area contributed by atoms with Gasteiger partial charge < -0.3 is 10.6 Å². The first kappa shape index (κ1) is 20.6. The molecule has 0 aliphatic heterocycles. The molecule has 2 rings (SSSR count). The Morgan fingerprint density at radius 1 is 0.926 bits per heavy atom. The first-order valence-corrected chi connectivity index (χ1v) is 9.90. The Morgan fingerprint density at radius 3 is 2.19 bits per heavy atom. The Hall–Kier alpha value is -2.71. The molecule has 0 fully saturated rings. The summed E-state index contributed by atoms with van der Waals surface area (Å²) in [4.78, 5) is 23.3. The van der Waals surface area contributed by atoms with Crippen LogP contribution in [0, 0.1) is 13.8 Å². The highest BCUT2D eigenvalue weighted by atomic mass is 32.2. The van der Waals surface area contributed by atoms with Crippen LogP contribution < -0.4 is 15.4 Å². The molecule has 0 aliphatic carbocycles. The van der Waals surface area contributed by atoms with Crippen molar-refractivity contribution < 1.29 is 18.0 Å². The van der Waals surface area contributed by atoms with Gasteiger partial charge in [0, 0.05) is 31.3 Å². The molecule has 3 N–H and O–H groups in total. The van der Waals surface area contributed by atoms with Crippen LogP contribution in [-0.4, -0.2) is 33.3 Å². The molecule has 0 atom stereocenters. The molecule has 2 aromatic rings. The second kappa shape index (κ2) is 8.79. The SMILES string of the molecule is CC(=O)Nc1ccc(C(=O)NCCNS(=O)(=O)c2ccc(C)c(C)c2)cc1. The quantitative estimate of drug-likeness (QED) is 0.630. The van der Waals surface area contributed by atoms with Crippen LogP contribution in [0.4, 0.5) is 5.69 Å². The summed E-state index contributed by atoms with van der Waals surface area (Å²) >= 11 is 0. The van der Waals surface area contributed by atoms with Crippen LogP contribution in [0.15, 0.2) is 47.4 Å². The minimum absolute atomic E-state index is 0.0744. The second-order valence-corrected chi connectivity index (χ2v) is 7.93. The van der Waals surface area contributed by atoms with Gasteiger partial charge in [0.25, 0.3) is 5.91 Å². The zero-order valence-electron chi connectivity index (χ0n) is 15.5. The number of nitrogens with one attached hydrogen (secondary N) is 3. The molecule has 7 nitrogen and oxygen atoms in total. The number of sulfonamides is 1. The lowest BCUT2D eigenvalue weighted by molar-refractivity contribution is -0.114. The van der Waals surface area contributed by atoms with E-state index < -0.39 is 10.0 Å². The van der Waals surface area contributed by atoms with Gasteiger partial charge >= 0.3 is 0 Å². The summed E-state index contributed by atoms with van der Waals surface area (Å²) in [6.45, 7) is 5.39. The maximum atomic E-state index is 12.3. The molecule has 0 aromatic heterocycles. The van der Waals surface area contributed by atoms with Crippen LogP contribution in [0.5, 0.6) is 0 Å². The summed E-state index contributed by atoms with van der Waals surface area (Å²) in [5.41, 5.74) is 2.93. The van der Waals surface area contributed by atoms with Gasteiger partial charge in [-0.15, -0.1) is 0 Å². The third kappa shape index (κ3) is 5.90. The minimum Gasteiger partial charge on any atom is -0.351 e. The van der Waals surface area contributed by atoms with E-state index in [9.17, 15) is 18.0 Å². The van der Waals surface area contributed by atoms with Gasteiger partial charge in [0.15, 0.2) is 0 Å². The van der Waals surface area contributed by atoms with Crippen LogP contribution in [0.25, 0.3) is 0 Å². The van der Waals surface area contributed by atoms with E-state index in [0.29, 0.717) is 11.3 Å². The molecule has 27 heavy (non-hydrogen) atoms. The van der Waals surface area contributed by atoms with Crippen LogP contribution in [-0.2, 0) is 14.8 Å². The van der Waals surface area contributed by atoms with E-state index in [1.165, 1.54) is 6.92 Å². The van der Waals surface area contributed by atoms with E-state index in [1.54, 1.807) is 42.5 Å². The third-order valence-electron chi connectivity index (χ3n) is 3.96. The van der Waals surface area contributed by atoms with Crippen molar-refractivity contribution in [2.45, 2.75) is 25.7 Å². The fraction of sp³-hybridized carbons (Fsp3) is 0.263. The van der Waals surface area contributed by atoms with Crippen LogP contribution in [0.2, 0.25) is 0 Å². The first-order chi connectivity index (χ1) is 12.7.